The van der Waals surface area contributed by atoms with Crippen LogP contribution in [0.3, 0.4) is 0 Å². The predicted octanol–water partition coefficient (Wildman–Crippen LogP) is 1.67. The van der Waals surface area contributed by atoms with E-state index in [4.69, 9.17) is 4.42 Å². The molecule has 0 bridgehead atoms. The molecule has 1 aromatic heterocycles. The Bertz CT molecular complexity index is 355. The molecule has 0 aliphatic rings. The number of ether oxygens (including phenoxy) is 1. The molecule has 0 aromatic carbocycles. The molecule has 1 heterocycles. The van der Waals surface area contributed by atoms with Crippen LogP contribution in [-0.4, -0.2) is 18.9 Å². The highest BCUT2D eigenvalue weighted by atomic mass is 16.5. The van der Waals surface area contributed by atoms with Crippen molar-refractivity contribution in [3.05, 3.63) is 23.7 Å². The normalized spacial score (nSPS) is 11.2. The molecule has 0 saturated heterocycles. The van der Waals surface area contributed by atoms with Gasteiger partial charge >= 0.3 is 6.09 Å². The number of furan rings is 1. The van der Waals surface area contributed by atoms with E-state index in [2.05, 4.69) is 15.3 Å². The van der Waals surface area contributed by atoms with Crippen LogP contribution in [0.4, 0.5) is 4.79 Å². The molecule has 0 fully saturated rings. The van der Waals surface area contributed by atoms with E-state index < -0.39 is 6.09 Å². The highest BCUT2D eigenvalue weighted by Gasteiger charge is 2.03. The Kier molecular flexibility index (Phi) is 3.28. The number of aryl methyl sites for hydroxylation is 1. The van der Waals surface area contributed by atoms with Crippen LogP contribution < -0.4 is 5.43 Å². The fourth-order valence-electron chi connectivity index (χ4n) is 0.859. The van der Waals surface area contributed by atoms with Crippen molar-refractivity contribution in [2.24, 2.45) is 5.10 Å². The van der Waals surface area contributed by atoms with E-state index in [1.165, 1.54) is 7.11 Å². The maximum atomic E-state index is 10.7. The fraction of sp³-hybridized carbons (Fsp3) is 0.333. The van der Waals surface area contributed by atoms with Crippen molar-refractivity contribution < 1.29 is 13.9 Å². The number of carbonyl (C=O) groups excluding carboxylic acids is 1. The summed E-state index contributed by atoms with van der Waals surface area (Å²) >= 11 is 0. The van der Waals surface area contributed by atoms with Gasteiger partial charge in [0.15, 0.2) is 0 Å². The van der Waals surface area contributed by atoms with Crippen LogP contribution in [0.5, 0.6) is 0 Å². The van der Waals surface area contributed by atoms with Crippen molar-refractivity contribution in [1.82, 2.24) is 5.43 Å². The van der Waals surface area contributed by atoms with Crippen LogP contribution in [0.15, 0.2) is 21.7 Å². The number of nitrogens with one attached hydrogen (secondary N) is 1. The van der Waals surface area contributed by atoms with Gasteiger partial charge in [-0.05, 0) is 26.0 Å². The third kappa shape index (κ3) is 2.62. The molecule has 14 heavy (non-hydrogen) atoms. The average molecular weight is 196 g/mol. The van der Waals surface area contributed by atoms with E-state index >= 15 is 0 Å². The van der Waals surface area contributed by atoms with Crippen LogP contribution in [0.1, 0.15) is 18.4 Å². The predicted molar refractivity (Wildman–Crippen MR) is 51.2 cm³/mol. The summed E-state index contributed by atoms with van der Waals surface area (Å²) < 4.78 is 9.64. The van der Waals surface area contributed by atoms with E-state index in [0.29, 0.717) is 11.5 Å². The van der Waals surface area contributed by atoms with Crippen molar-refractivity contribution in [1.29, 1.82) is 0 Å². The SMILES string of the molecule is COC(=O)NN=C(C)c1ccc(C)o1. The molecule has 0 atom stereocenters. The van der Waals surface area contributed by atoms with Gasteiger partial charge in [-0.15, -0.1) is 0 Å². The zero-order valence-electron chi connectivity index (χ0n) is 8.33. The molecule has 1 aromatic rings. The fourth-order valence-corrected chi connectivity index (χ4v) is 0.859. The molecule has 0 aliphatic heterocycles. The van der Waals surface area contributed by atoms with Crippen LogP contribution in [-0.2, 0) is 4.74 Å². The summed E-state index contributed by atoms with van der Waals surface area (Å²) in [5.74, 6) is 1.42. The van der Waals surface area contributed by atoms with Crippen molar-refractivity contribution in [3.63, 3.8) is 0 Å². The maximum Gasteiger partial charge on any atom is 0.427 e. The summed E-state index contributed by atoms with van der Waals surface area (Å²) in [6.45, 7) is 3.57. The van der Waals surface area contributed by atoms with Crippen LogP contribution >= 0.6 is 0 Å². The van der Waals surface area contributed by atoms with Gasteiger partial charge in [-0.1, -0.05) is 0 Å². The highest BCUT2D eigenvalue weighted by molar-refractivity contribution is 5.96. The van der Waals surface area contributed by atoms with E-state index in [0.717, 1.165) is 5.76 Å². The molecule has 1 rings (SSSR count). The Hall–Kier alpha value is -1.78. The van der Waals surface area contributed by atoms with Gasteiger partial charge in [0, 0.05) is 0 Å². The first kappa shape index (κ1) is 10.3. The van der Waals surface area contributed by atoms with Gasteiger partial charge in [-0.25, -0.2) is 10.2 Å². The first-order valence-corrected chi connectivity index (χ1v) is 4.08. The van der Waals surface area contributed by atoms with E-state index in [-0.39, 0.29) is 0 Å². The van der Waals surface area contributed by atoms with Gasteiger partial charge in [-0.3, -0.25) is 0 Å². The van der Waals surface area contributed by atoms with Gasteiger partial charge in [-0.2, -0.15) is 5.10 Å². The van der Waals surface area contributed by atoms with Gasteiger partial charge in [0.05, 0.1) is 7.11 Å². The van der Waals surface area contributed by atoms with Gasteiger partial charge < -0.3 is 9.15 Å². The molecule has 0 radical (unpaired) electrons. The van der Waals surface area contributed by atoms with Crippen molar-refractivity contribution in [3.8, 4) is 0 Å². The Morgan fingerprint density at radius 3 is 2.79 bits per heavy atom. The number of amides is 1. The summed E-state index contributed by atoms with van der Waals surface area (Å²) in [4.78, 5) is 10.7. The third-order valence-electron chi connectivity index (χ3n) is 1.60. The lowest BCUT2D eigenvalue weighted by Gasteiger charge is -1.98. The molecule has 0 aliphatic carbocycles. The third-order valence-corrected chi connectivity index (χ3v) is 1.60. The van der Waals surface area contributed by atoms with E-state index in [1.54, 1.807) is 13.0 Å². The summed E-state index contributed by atoms with van der Waals surface area (Å²) in [5.41, 5.74) is 2.79. The zero-order valence-corrected chi connectivity index (χ0v) is 8.33. The molecule has 0 spiro atoms. The number of rotatable bonds is 2. The summed E-state index contributed by atoms with van der Waals surface area (Å²) in [5, 5.41) is 3.78. The standard InChI is InChI=1S/C9H12N2O3/c1-6-4-5-8(14-6)7(2)10-11-9(12)13-3/h4-5H,1-3H3,(H,11,12). The van der Waals surface area contributed by atoms with Gasteiger partial charge in [0.1, 0.15) is 17.2 Å². The lowest BCUT2D eigenvalue weighted by atomic mass is 10.3. The van der Waals surface area contributed by atoms with Crippen LogP contribution in [0.2, 0.25) is 0 Å². The minimum atomic E-state index is -0.604. The lowest BCUT2D eigenvalue weighted by Crippen LogP contribution is -2.18. The average Bonchev–Trinajstić information content (AvgIpc) is 2.60. The summed E-state index contributed by atoms with van der Waals surface area (Å²) in [6.07, 6.45) is -0.604. The molecule has 1 amide bonds. The monoisotopic (exact) mass is 196 g/mol. The smallest absolute Gasteiger partial charge is 0.427 e. The molecule has 0 unspecified atom stereocenters. The quantitative estimate of drug-likeness (QED) is 0.578. The molecular formula is C9H12N2O3. The molecule has 0 saturated carbocycles. The first-order valence-electron chi connectivity index (χ1n) is 4.08. The lowest BCUT2D eigenvalue weighted by molar-refractivity contribution is 0.171. The second kappa shape index (κ2) is 4.45. The number of nitrogens with zero attached hydrogens (tertiary/aromatic N) is 1. The molecule has 5 nitrogen and oxygen atoms in total. The van der Waals surface area contributed by atoms with Gasteiger partial charge in [0.25, 0.3) is 0 Å². The number of hydrazone groups is 1. The van der Waals surface area contributed by atoms with Crippen LogP contribution in [0, 0.1) is 6.92 Å². The van der Waals surface area contributed by atoms with E-state index in [9.17, 15) is 4.79 Å². The largest absolute Gasteiger partial charge is 0.460 e. The van der Waals surface area contributed by atoms with Crippen molar-refractivity contribution >= 4 is 11.8 Å². The molecule has 5 heteroatoms. The second-order valence-electron chi connectivity index (χ2n) is 2.71. The Morgan fingerprint density at radius 1 is 1.57 bits per heavy atom. The Balaban J connectivity index is 2.65. The minimum Gasteiger partial charge on any atom is -0.460 e. The second-order valence-corrected chi connectivity index (χ2v) is 2.71. The van der Waals surface area contributed by atoms with Crippen molar-refractivity contribution in [2.75, 3.05) is 7.11 Å². The number of methoxy groups -OCH3 is 1. The van der Waals surface area contributed by atoms with Crippen molar-refractivity contribution in [2.45, 2.75) is 13.8 Å². The maximum absolute atomic E-state index is 10.7. The minimum absolute atomic E-state index is 0.587. The highest BCUT2D eigenvalue weighted by Crippen LogP contribution is 2.06. The molecule has 76 valence electrons. The molecular weight excluding hydrogens is 184 g/mol. The molecule has 1 N–H and O–H groups in total. The first-order chi connectivity index (χ1) is 6.63. The van der Waals surface area contributed by atoms with Crippen LogP contribution in [0.25, 0.3) is 0 Å². The Labute approximate surface area is 81.7 Å². The summed E-state index contributed by atoms with van der Waals surface area (Å²) in [7, 11) is 1.28. The topological polar surface area (TPSA) is 63.8 Å². The van der Waals surface area contributed by atoms with E-state index in [1.807, 2.05) is 13.0 Å². The number of carbonyl (C=O) groups is 1. The number of hydrogen-bond acceptors (Lipinski definition) is 4. The van der Waals surface area contributed by atoms with Gasteiger partial charge in [0.2, 0.25) is 0 Å². The summed E-state index contributed by atoms with van der Waals surface area (Å²) in [6, 6.07) is 3.61. The number of hydrogen-bond donors (Lipinski definition) is 1. The Morgan fingerprint density at radius 2 is 2.29 bits per heavy atom. The zero-order chi connectivity index (χ0) is 10.6.